The van der Waals surface area contributed by atoms with Crippen molar-refractivity contribution >= 4 is 39.6 Å². The van der Waals surface area contributed by atoms with Crippen LogP contribution in [0.3, 0.4) is 0 Å². The van der Waals surface area contributed by atoms with Crippen molar-refractivity contribution < 1.29 is 14.7 Å². The number of halogens is 1. The van der Waals surface area contributed by atoms with Gasteiger partial charge in [0.25, 0.3) is 0 Å². The number of nitrogens with one attached hydrogen (secondary N) is 2. The smallest absolute Gasteiger partial charge is 0.240 e. The van der Waals surface area contributed by atoms with Gasteiger partial charge in [-0.2, -0.15) is 5.10 Å². The van der Waals surface area contributed by atoms with Gasteiger partial charge < -0.3 is 10.4 Å². The Labute approximate surface area is 166 Å². The number of unbranched alkanes of at least 4 members (excludes halogenated alkanes) is 2. The number of para-hydroxylation sites is 2. The van der Waals surface area contributed by atoms with E-state index in [1.54, 1.807) is 24.4 Å². The number of phenols is 1. The van der Waals surface area contributed by atoms with E-state index in [4.69, 9.17) is 0 Å². The van der Waals surface area contributed by atoms with Crippen molar-refractivity contribution in [1.82, 2.24) is 5.43 Å². The summed E-state index contributed by atoms with van der Waals surface area (Å²) in [6.07, 6.45) is 4.42. The maximum atomic E-state index is 11.8. The Hall–Kier alpha value is -2.67. The Bertz CT molecular complexity index is 791. The molecule has 2 amide bonds. The number of carbonyl (C=O) groups excluding carboxylic acids is 2. The van der Waals surface area contributed by atoms with E-state index in [0.29, 0.717) is 31.4 Å². The van der Waals surface area contributed by atoms with Crippen LogP contribution in [0, 0.1) is 0 Å². The van der Waals surface area contributed by atoms with Crippen LogP contribution in [-0.2, 0) is 9.59 Å². The van der Waals surface area contributed by atoms with E-state index in [1.807, 2.05) is 24.3 Å². The molecule has 0 unspecified atom stereocenters. The Kier molecular flexibility index (Phi) is 8.51. The van der Waals surface area contributed by atoms with E-state index >= 15 is 0 Å². The molecular weight excluding hydrogens is 410 g/mol. The second kappa shape index (κ2) is 11.1. The number of anilines is 1. The van der Waals surface area contributed by atoms with Gasteiger partial charge in [-0.3, -0.25) is 9.59 Å². The third-order valence-corrected chi connectivity index (χ3v) is 4.29. The zero-order valence-electron chi connectivity index (χ0n) is 14.8. The van der Waals surface area contributed by atoms with Gasteiger partial charge in [0.1, 0.15) is 5.75 Å². The van der Waals surface area contributed by atoms with Gasteiger partial charge in [-0.15, -0.1) is 0 Å². The standard InChI is InChI=1S/C20H22BrN3O3/c21-16-12-10-15(11-13-16)14-22-24-20(27)9-3-1-2-8-19(26)23-17-6-4-5-7-18(17)25/h4-7,10-14,25H,1-3,8-9H2,(H,23,26)(H,24,27)/b22-14+. The van der Waals surface area contributed by atoms with Gasteiger partial charge in [0.05, 0.1) is 11.9 Å². The summed E-state index contributed by atoms with van der Waals surface area (Å²) in [6, 6.07) is 14.2. The molecule has 0 aliphatic carbocycles. The number of aromatic hydroxyl groups is 1. The summed E-state index contributed by atoms with van der Waals surface area (Å²) in [5.74, 6) is -0.256. The average molecular weight is 432 g/mol. The van der Waals surface area contributed by atoms with E-state index in [1.165, 1.54) is 6.07 Å². The van der Waals surface area contributed by atoms with Crippen molar-refractivity contribution in [2.45, 2.75) is 32.1 Å². The quantitative estimate of drug-likeness (QED) is 0.240. The van der Waals surface area contributed by atoms with Gasteiger partial charge >= 0.3 is 0 Å². The molecule has 7 heteroatoms. The largest absolute Gasteiger partial charge is 0.506 e. The fourth-order valence-electron chi connectivity index (χ4n) is 2.32. The third-order valence-electron chi connectivity index (χ3n) is 3.76. The highest BCUT2D eigenvalue weighted by Gasteiger charge is 2.06. The first-order chi connectivity index (χ1) is 13.0. The van der Waals surface area contributed by atoms with E-state index in [2.05, 4.69) is 31.8 Å². The van der Waals surface area contributed by atoms with Crippen LogP contribution < -0.4 is 10.7 Å². The van der Waals surface area contributed by atoms with Gasteiger partial charge in [0.15, 0.2) is 0 Å². The van der Waals surface area contributed by atoms with Gasteiger partial charge in [-0.05, 0) is 42.7 Å². The Morgan fingerprint density at radius 1 is 0.963 bits per heavy atom. The number of nitrogens with zero attached hydrogens (tertiary/aromatic N) is 1. The minimum atomic E-state index is -0.153. The first-order valence-corrected chi connectivity index (χ1v) is 9.49. The van der Waals surface area contributed by atoms with Crippen molar-refractivity contribution in [2.75, 3.05) is 5.32 Å². The number of carbonyl (C=O) groups is 2. The summed E-state index contributed by atoms with van der Waals surface area (Å²) in [7, 11) is 0. The highest BCUT2D eigenvalue weighted by Crippen LogP contribution is 2.21. The molecule has 0 saturated carbocycles. The molecule has 0 aliphatic rings. The summed E-state index contributed by atoms with van der Waals surface area (Å²) in [4.78, 5) is 23.6. The maximum Gasteiger partial charge on any atom is 0.240 e. The minimum absolute atomic E-state index is 0.0474. The zero-order valence-corrected chi connectivity index (χ0v) is 16.4. The van der Waals surface area contributed by atoms with Crippen molar-refractivity contribution in [2.24, 2.45) is 5.10 Å². The second-order valence-electron chi connectivity index (χ2n) is 5.97. The van der Waals surface area contributed by atoms with Crippen LogP contribution in [0.1, 0.15) is 37.7 Å². The molecule has 27 heavy (non-hydrogen) atoms. The van der Waals surface area contributed by atoms with Gasteiger partial charge in [-0.1, -0.05) is 46.6 Å². The predicted octanol–water partition coefficient (Wildman–Crippen LogP) is 4.19. The zero-order chi connectivity index (χ0) is 19.5. The number of rotatable bonds is 9. The van der Waals surface area contributed by atoms with Gasteiger partial charge in [0, 0.05) is 17.3 Å². The summed E-state index contributed by atoms with van der Waals surface area (Å²) < 4.78 is 0.984. The SMILES string of the molecule is O=C(CCCCCC(=O)Nc1ccccc1O)N/N=C/c1ccc(Br)cc1. The predicted molar refractivity (Wildman–Crippen MR) is 110 cm³/mol. The normalized spacial score (nSPS) is 10.7. The van der Waals surface area contributed by atoms with Crippen LogP contribution in [0.15, 0.2) is 58.1 Å². The van der Waals surface area contributed by atoms with E-state index in [9.17, 15) is 14.7 Å². The third kappa shape index (κ3) is 8.04. The lowest BCUT2D eigenvalue weighted by Gasteiger charge is -2.06. The van der Waals surface area contributed by atoms with E-state index in [0.717, 1.165) is 16.5 Å². The van der Waals surface area contributed by atoms with Crippen LogP contribution >= 0.6 is 15.9 Å². The average Bonchev–Trinajstić information content (AvgIpc) is 2.65. The topological polar surface area (TPSA) is 90.8 Å². The molecule has 3 N–H and O–H groups in total. The van der Waals surface area contributed by atoms with Crippen LogP contribution in [-0.4, -0.2) is 23.1 Å². The molecule has 0 aliphatic heterocycles. The molecule has 0 fully saturated rings. The lowest BCUT2D eigenvalue weighted by atomic mass is 10.1. The lowest BCUT2D eigenvalue weighted by Crippen LogP contribution is -2.17. The molecule has 0 aromatic heterocycles. The molecular formula is C20H22BrN3O3. The first-order valence-electron chi connectivity index (χ1n) is 8.70. The number of hydrazone groups is 1. The minimum Gasteiger partial charge on any atom is -0.506 e. The number of amides is 2. The van der Waals surface area contributed by atoms with E-state index < -0.39 is 0 Å². The molecule has 2 rings (SSSR count). The number of phenolic OH excluding ortho intramolecular Hbond substituents is 1. The van der Waals surface area contributed by atoms with Crippen molar-refractivity contribution in [1.29, 1.82) is 0 Å². The molecule has 0 atom stereocenters. The fraction of sp³-hybridized carbons (Fsp3) is 0.250. The molecule has 6 nitrogen and oxygen atoms in total. The molecule has 0 saturated heterocycles. The monoisotopic (exact) mass is 431 g/mol. The molecule has 0 heterocycles. The molecule has 0 radical (unpaired) electrons. The van der Waals surface area contributed by atoms with Gasteiger partial charge in [0.2, 0.25) is 11.8 Å². The van der Waals surface area contributed by atoms with Gasteiger partial charge in [-0.25, -0.2) is 5.43 Å². The lowest BCUT2D eigenvalue weighted by molar-refractivity contribution is -0.121. The van der Waals surface area contributed by atoms with Crippen molar-refractivity contribution in [3.8, 4) is 5.75 Å². The number of benzene rings is 2. The number of hydrogen-bond acceptors (Lipinski definition) is 4. The summed E-state index contributed by atoms with van der Waals surface area (Å²) >= 11 is 3.36. The van der Waals surface area contributed by atoms with Crippen LogP contribution in [0.2, 0.25) is 0 Å². The van der Waals surface area contributed by atoms with E-state index in [-0.39, 0.29) is 17.6 Å². The van der Waals surface area contributed by atoms with Crippen LogP contribution in [0.4, 0.5) is 5.69 Å². The number of hydrogen-bond donors (Lipinski definition) is 3. The summed E-state index contributed by atoms with van der Waals surface area (Å²) in [6.45, 7) is 0. The highest BCUT2D eigenvalue weighted by molar-refractivity contribution is 9.10. The molecule has 142 valence electrons. The summed E-state index contributed by atoms with van der Waals surface area (Å²) in [5.41, 5.74) is 3.80. The molecule has 0 spiro atoms. The fourth-order valence-corrected chi connectivity index (χ4v) is 2.59. The summed E-state index contributed by atoms with van der Waals surface area (Å²) in [5, 5.41) is 16.2. The maximum absolute atomic E-state index is 11.8. The molecule has 2 aromatic rings. The van der Waals surface area contributed by atoms with Crippen molar-refractivity contribution in [3.05, 3.63) is 58.6 Å². The Morgan fingerprint density at radius 2 is 1.63 bits per heavy atom. The highest BCUT2D eigenvalue weighted by atomic mass is 79.9. The Balaban J connectivity index is 1.57. The second-order valence-corrected chi connectivity index (χ2v) is 6.89. The Morgan fingerprint density at radius 3 is 2.33 bits per heavy atom. The van der Waals surface area contributed by atoms with Crippen LogP contribution in [0.25, 0.3) is 0 Å². The molecule has 0 bridgehead atoms. The first kappa shape index (κ1) is 20.6. The molecule has 2 aromatic carbocycles. The van der Waals surface area contributed by atoms with Crippen molar-refractivity contribution in [3.63, 3.8) is 0 Å². The van der Waals surface area contributed by atoms with Crippen LogP contribution in [0.5, 0.6) is 5.75 Å².